The lowest BCUT2D eigenvalue weighted by Crippen LogP contribution is -2.34. The molecular weight excluding hydrogens is 557 g/mol. The van der Waals surface area contributed by atoms with Gasteiger partial charge in [0, 0.05) is 17.8 Å². The van der Waals surface area contributed by atoms with Crippen molar-refractivity contribution in [1.82, 2.24) is 0 Å². The van der Waals surface area contributed by atoms with E-state index in [1.165, 1.54) is 6.92 Å². The lowest BCUT2D eigenvalue weighted by atomic mass is 9.76. The summed E-state index contributed by atoms with van der Waals surface area (Å²) in [5, 5.41) is 35.0. The third-order valence-electron chi connectivity index (χ3n) is 10.4. The van der Waals surface area contributed by atoms with Crippen LogP contribution >= 0.6 is 0 Å². The van der Waals surface area contributed by atoms with Crippen LogP contribution in [0.4, 0.5) is 13.2 Å². The van der Waals surface area contributed by atoms with Crippen molar-refractivity contribution in [2.45, 2.75) is 143 Å². The molecule has 4 fully saturated rings. The van der Waals surface area contributed by atoms with Gasteiger partial charge in [-0.3, -0.25) is 0 Å². The Kier molecular flexibility index (Phi) is 15.7. The van der Waals surface area contributed by atoms with Crippen LogP contribution in [-0.2, 0) is 18.9 Å². The molecule has 4 aliphatic rings. The maximum Gasteiger partial charge on any atom is 0.139 e. The van der Waals surface area contributed by atoms with Crippen LogP contribution in [0.5, 0.6) is 0 Å². The van der Waals surface area contributed by atoms with E-state index in [9.17, 15) is 13.2 Å². The van der Waals surface area contributed by atoms with Gasteiger partial charge >= 0.3 is 0 Å². The Balaban J connectivity index is 0.000000280. The third-order valence-corrected chi connectivity index (χ3v) is 10.4. The molecule has 0 amide bonds. The molecule has 4 rings (SSSR count). The van der Waals surface area contributed by atoms with Gasteiger partial charge in [-0.2, -0.15) is 0 Å². The molecule has 8 nitrogen and oxygen atoms in total. The van der Waals surface area contributed by atoms with Gasteiger partial charge < -0.3 is 39.4 Å². The summed E-state index contributed by atoms with van der Waals surface area (Å²) in [6.45, 7) is 20.4. The van der Waals surface area contributed by atoms with E-state index in [4.69, 9.17) is 39.4 Å². The summed E-state index contributed by atoms with van der Waals surface area (Å²) >= 11 is 0. The van der Waals surface area contributed by atoms with E-state index in [0.29, 0.717) is 5.92 Å². The fraction of sp³-hybridized carbons (Fsp3) is 1.00. The number of halogens is 3. The first kappa shape index (κ1) is 39.5. The number of hydrogen-bond donors (Lipinski definition) is 4. The maximum atomic E-state index is 13.6. The fourth-order valence-corrected chi connectivity index (χ4v) is 5.59. The first-order valence-electron chi connectivity index (χ1n) is 15.3. The van der Waals surface area contributed by atoms with Gasteiger partial charge in [0.2, 0.25) is 0 Å². The molecule has 0 aromatic heterocycles. The summed E-state index contributed by atoms with van der Waals surface area (Å²) in [7, 11) is 0. The molecule has 4 saturated heterocycles. The van der Waals surface area contributed by atoms with Gasteiger partial charge in [-0.05, 0) is 46.0 Å². The predicted molar refractivity (Wildman–Crippen MR) is 155 cm³/mol. The van der Waals surface area contributed by atoms with Gasteiger partial charge in [0.1, 0.15) is 24.1 Å². The van der Waals surface area contributed by atoms with Crippen LogP contribution in [0, 0.1) is 29.1 Å². The van der Waals surface area contributed by atoms with E-state index in [1.807, 2.05) is 6.92 Å². The Morgan fingerprint density at radius 1 is 0.524 bits per heavy atom. The first-order valence-corrected chi connectivity index (χ1v) is 15.3. The number of alkyl halides is 3. The second kappa shape index (κ2) is 16.7. The summed E-state index contributed by atoms with van der Waals surface area (Å²) in [6.07, 6.45) is -3.67. The largest absolute Gasteiger partial charge is 0.394 e. The minimum absolute atomic E-state index is 0.0417. The Morgan fingerprint density at radius 3 is 1.14 bits per heavy atom. The minimum Gasteiger partial charge on any atom is -0.394 e. The first-order chi connectivity index (χ1) is 19.3. The van der Waals surface area contributed by atoms with Crippen LogP contribution in [0.15, 0.2) is 0 Å². The molecular formula is C31H59F3O8. The van der Waals surface area contributed by atoms with Crippen LogP contribution in [0.1, 0.15) is 76.2 Å². The smallest absolute Gasteiger partial charge is 0.139 e. The van der Waals surface area contributed by atoms with Crippen molar-refractivity contribution in [3.05, 3.63) is 0 Å². The van der Waals surface area contributed by atoms with Crippen molar-refractivity contribution in [3.8, 4) is 0 Å². The van der Waals surface area contributed by atoms with Crippen LogP contribution in [0.3, 0.4) is 0 Å². The average Bonchev–Trinajstić information content (AvgIpc) is 3.51. The number of ether oxygens (including phenoxy) is 4. The third kappa shape index (κ3) is 9.25. The van der Waals surface area contributed by atoms with Crippen molar-refractivity contribution in [2.75, 3.05) is 26.4 Å². The zero-order valence-electron chi connectivity index (χ0n) is 27.5. The summed E-state index contributed by atoms with van der Waals surface area (Å²) < 4.78 is 60.5. The molecule has 4 unspecified atom stereocenters. The maximum absolute atomic E-state index is 13.6. The summed E-state index contributed by atoms with van der Waals surface area (Å²) in [4.78, 5) is 0. The van der Waals surface area contributed by atoms with E-state index in [2.05, 4.69) is 27.7 Å². The van der Waals surface area contributed by atoms with E-state index < -0.39 is 30.2 Å². The highest BCUT2D eigenvalue weighted by Gasteiger charge is 2.49. The van der Waals surface area contributed by atoms with Crippen molar-refractivity contribution < 1.29 is 52.5 Å². The Labute approximate surface area is 251 Å². The molecule has 15 atom stereocenters. The second-order valence-corrected chi connectivity index (χ2v) is 13.3. The molecule has 4 N–H and O–H groups in total. The van der Waals surface area contributed by atoms with E-state index in [1.54, 1.807) is 34.6 Å². The number of rotatable bonds is 4. The van der Waals surface area contributed by atoms with Gasteiger partial charge in [-0.25, -0.2) is 13.2 Å². The molecule has 0 bridgehead atoms. The van der Waals surface area contributed by atoms with Gasteiger partial charge in [0.05, 0.1) is 69.2 Å². The molecule has 11 heteroatoms. The zero-order chi connectivity index (χ0) is 32.7. The number of aliphatic hydroxyl groups is 4. The van der Waals surface area contributed by atoms with Crippen molar-refractivity contribution >= 4 is 0 Å². The highest BCUT2D eigenvalue weighted by Crippen LogP contribution is 2.42. The second-order valence-electron chi connectivity index (χ2n) is 13.3. The summed E-state index contributed by atoms with van der Waals surface area (Å²) in [6, 6.07) is 0. The monoisotopic (exact) mass is 616 g/mol. The molecule has 4 aliphatic heterocycles. The van der Waals surface area contributed by atoms with Crippen LogP contribution in [0.25, 0.3) is 0 Å². The highest BCUT2D eigenvalue weighted by molar-refractivity contribution is 4.96. The van der Waals surface area contributed by atoms with E-state index in [-0.39, 0.29) is 86.2 Å². The van der Waals surface area contributed by atoms with E-state index in [0.717, 1.165) is 0 Å². The lowest BCUT2D eigenvalue weighted by molar-refractivity contribution is -0.00534. The van der Waals surface area contributed by atoms with Crippen molar-refractivity contribution in [1.29, 1.82) is 0 Å². The zero-order valence-corrected chi connectivity index (χ0v) is 27.5. The van der Waals surface area contributed by atoms with Gasteiger partial charge in [0.25, 0.3) is 0 Å². The summed E-state index contributed by atoms with van der Waals surface area (Å²) in [5.74, 6) is -0.0258. The van der Waals surface area contributed by atoms with Gasteiger partial charge in [-0.15, -0.1) is 0 Å². The van der Waals surface area contributed by atoms with E-state index >= 15 is 0 Å². The molecule has 0 aliphatic carbocycles. The van der Waals surface area contributed by atoms with Crippen molar-refractivity contribution in [2.24, 2.45) is 29.1 Å². The normalized spacial score (nSPS) is 47.6. The molecule has 0 radical (unpaired) electrons. The van der Waals surface area contributed by atoms with Crippen molar-refractivity contribution in [3.63, 3.8) is 0 Å². The SMILES string of the molecule is CC1O[C@H](CO)[C@@H](C)C1(C)C.CC1O[C@H](CO)[C@@H](C)[C@@]1(C)F.CC1O[C@H](CO)[C@@H](C)[C@H]1F.CC1O[C@H](CO)[C@@H](F)[C@H]1C. The highest BCUT2D eigenvalue weighted by atomic mass is 19.1. The molecule has 0 aromatic carbocycles. The quantitative estimate of drug-likeness (QED) is 0.374. The van der Waals surface area contributed by atoms with Crippen LogP contribution in [-0.4, -0.2) is 114 Å². The average molecular weight is 617 g/mol. The Morgan fingerprint density at radius 2 is 0.952 bits per heavy atom. The number of aliphatic hydroxyl groups excluding tert-OH is 4. The predicted octanol–water partition coefficient (Wildman–Crippen LogP) is 4.04. The summed E-state index contributed by atoms with van der Waals surface area (Å²) in [5.41, 5.74) is -1.10. The Hall–Kier alpha value is -0.530. The molecule has 0 saturated carbocycles. The minimum atomic E-state index is -1.30. The van der Waals surface area contributed by atoms with Gasteiger partial charge in [0.15, 0.2) is 0 Å². The molecule has 252 valence electrons. The lowest BCUT2D eigenvalue weighted by Gasteiger charge is -2.26. The standard InChI is InChI=1S/C9H18O2.C8H15FO2.2C7H13FO2/c1-6-8(5-10)11-7(2)9(6,3)4;1-5-7(4-10)11-6(2)8(5,3)9;1-4-6(3-9)10-5(2)7(4)8;1-4-5(2)10-6(3-9)7(4)8/h6-8,10H,5H2,1-4H3;5-7,10H,4H2,1-3H3;2*4-7,9H,3H2,1-2H3/t6-,7?,8-;5-,6?,7-,8-;4-,5?,6-,7-;4-,5?,6+,7-/m1110/s1. The Bertz CT molecular complexity index is 712. The molecule has 42 heavy (non-hydrogen) atoms. The molecule has 4 heterocycles. The molecule has 0 spiro atoms. The number of hydrogen-bond acceptors (Lipinski definition) is 8. The van der Waals surface area contributed by atoms with Gasteiger partial charge in [-0.1, -0.05) is 41.5 Å². The topological polar surface area (TPSA) is 118 Å². The fourth-order valence-electron chi connectivity index (χ4n) is 5.59. The van der Waals surface area contributed by atoms with Crippen LogP contribution < -0.4 is 0 Å². The molecule has 0 aromatic rings. The van der Waals surface area contributed by atoms with Crippen LogP contribution in [0.2, 0.25) is 0 Å².